The van der Waals surface area contributed by atoms with Crippen molar-refractivity contribution in [1.82, 2.24) is 14.4 Å². The molecule has 6 nitrogen and oxygen atoms in total. The molecule has 7 heteroatoms. The molecule has 0 amide bonds. The van der Waals surface area contributed by atoms with E-state index in [9.17, 15) is 8.42 Å². The van der Waals surface area contributed by atoms with Crippen molar-refractivity contribution in [1.29, 1.82) is 0 Å². The van der Waals surface area contributed by atoms with Gasteiger partial charge in [-0.25, -0.2) is 8.42 Å². The summed E-state index contributed by atoms with van der Waals surface area (Å²) >= 11 is 0. The smallest absolute Gasteiger partial charge is 0.236 e. The maximum Gasteiger partial charge on any atom is 0.236 e. The Labute approximate surface area is 129 Å². The Hall–Kier alpha value is -1.99. The summed E-state index contributed by atoms with van der Waals surface area (Å²) < 4.78 is 30.9. The highest BCUT2D eigenvalue weighted by atomic mass is 32.2. The van der Waals surface area contributed by atoms with Gasteiger partial charge in [-0.3, -0.25) is 0 Å². The maximum atomic E-state index is 12.2. The van der Waals surface area contributed by atoms with Crippen LogP contribution < -0.4 is 0 Å². The van der Waals surface area contributed by atoms with Crippen molar-refractivity contribution in [2.75, 3.05) is 13.1 Å². The molecule has 1 aliphatic rings. The quantitative estimate of drug-likeness (QED) is 0.862. The van der Waals surface area contributed by atoms with Crippen LogP contribution in [0.25, 0.3) is 6.08 Å². The zero-order chi connectivity index (χ0) is 15.7. The molecular weight excluding hydrogens is 302 g/mol. The lowest BCUT2D eigenvalue weighted by Crippen LogP contribution is -2.47. The molecule has 2 aromatic rings. The van der Waals surface area contributed by atoms with E-state index in [0.29, 0.717) is 24.8 Å². The summed E-state index contributed by atoms with van der Waals surface area (Å²) in [5.41, 5.74) is 2.00. The molecule has 116 valence electrons. The second-order valence-corrected chi connectivity index (χ2v) is 7.27. The number of hydrogen-bond donors (Lipinski definition) is 0. The molecule has 0 unspecified atom stereocenters. The molecule has 0 N–H and O–H groups in total. The van der Waals surface area contributed by atoms with E-state index in [1.165, 1.54) is 9.71 Å². The minimum Gasteiger partial charge on any atom is -0.339 e. The first-order valence-corrected chi connectivity index (χ1v) is 8.49. The van der Waals surface area contributed by atoms with Crippen LogP contribution in [-0.2, 0) is 10.0 Å². The van der Waals surface area contributed by atoms with Gasteiger partial charge in [0.15, 0.2) is 5.82 Å². The molecule has 1 aromatic carbocycles. The second kappa shape index (κ2) is 5.66. The Kier molecular flexibility index (Phi) is 3.84. The zero-order valence-electron chi connectivity index (χ0n) is 12.4. The number of sulfonamides is 1. The van der Waals surface area contributed by atoms with Crippen LogP contribution in [-0.4, -0.2) is 36.0 Å². The highest BCUT2D eigenvalue weighted by Crippen LogP contribution is 2.28. The van der Waals surface area contributed by atoms with E-state index in [2.05, 4.69) is 10.1 Å². The van der Waals surface area contributed by atoms with Gasteiger partial charge in [0.05, 0.1) is 5.92 Å². The van der Waals surface area contributed by atoms with Gasteiger partial charge >= 0.3 is 0 Å². The standard InChI is InChI=1S/C15H17N3O3S/c1-11-3-5-13(6-4-11)7-8-22(19,20)18-9-14(10-18)15-16-12(2)17-21-15/h3-8,14H,9-10H2,1-2H3. The molecule has 1 aromatic heterocycles. The van der Waals surface area contributed by atoms with Crippen LogP contribution in [0.15, 0.2) is 34.2 Å². The first-order chi connectivity index (χ1) is 10.4. The first kappa shape index (κ1) is 14.9. The second-order valence-electron chi connectivity index (χ2n) is 5.45. The van der Waals surface area contributed by atoms with Gasteiger partial charge < -0.3 is 4.52 Å². The predicted octanol–water partition coefficient (Wildman–Crippen LogP) is 2.09. The molecule has 2 heterocycles. The van der Waals surface area contributed by atoms with E-state index in [-0.39, 0.29) is 5.92 Å². The van der Waals surface area contributed by atoms with Crippen molar-refractivity contribution in [2.45, 2.75) is 19.8 Å². The maximum absolute atomic E-state index is 12.2. The summed E-state index contributed by atoms with van der Waals surface area (Å²) in [5.74, 6) is 1.06. The van der Waals surface area contributed by atoms with Crippen molar-refractivity contribution < 1.29 is 12.9 Å². The van der Waals surface area contributed by atoms with Gasteiger partial charge in [0.25, 0.3) is 0 Å². The van der Waals surface area contributed by atoms with E-state index < -0.39 is 10.0 Å². The molecule has 0 aliphatic carbocycles. The van der Waals surface area contributed by atoms with Crippen LogP contribution >= 0.6 is 0 Å². The zero-order valence-corrected chi connectivity index (χ0v) is 13.2. The van der Waals surface area contributed by atoms with E-state index in [1.54, 1.807) is 13.0 Å². The molecule has 0 radical (unpaired) electrons. The number of rotatable bonds is 4. The third-order valence-electron chi connectivity index (χ3n) is 3.61. The van der Waals surface area contributed by atoms with Gasteiger partial charge in [0.2, 0.25) is 15.9 Å². The van der Waals surface area contributed by atoms with Crippen molar-refractivity contribution in [2.24, 2.45) is 0 Å². The third-order valence-corrected chi connectivity index (χ3v) is 5.11. The predicted molar refractivity (Wildman–Crippen MR) is 82.5 cm³/mol. The van der Waals surface area contributed by atoms with Gasteiger partial charge in [0.1, 0.15) is 0 Å². The van der Waals surface area contributed by atoms with Crippen LogP contribution in [0.4, 0.5) is 0 Å². The third kappa shape index (κ3) is 3.10. The molecule has 1 aliphatic heterocycles. The fraction of sp³-hybridized carbons (Fsp3) is 0.333. The molecule has 0 atom stereocenters. The van der Waals surface area contributed by atoms with Gasteiger partial charge in [-0.05, 0) is 25.5 Å². The number of aromatic nitrogens is 2. The summed E-state index contributed by atoms with van der Waals surface area (Å²) in [5, 5.41) is 4.96. The summed E-state index contributed by atoms with van der Waals surface area (Å²) in [6.45, 7) is 4.48. The van der Waals surface area contributed by atoms with E-state index in [4.69, 9.17) is 4.52 Å². The lowest BCUT2D eigenvalue weighted by atomic mass is 10.0. The summed E-state index contributed by atoms with van der Waals surface area (Å²) in [7, 11) is -3.40. The minimum atomic E-state index is -3.40. The van der Waals surface area contributed by atoms with Crippen LogP contribution in [0.2, 0.25) is 0 Å². The molecular formula is C15H17N3O3S. The lowest BCUT2D eigenvalue weighted by Gasteiger charge is -2.34. The molecule has 0 saturated carbocycles. The largest absolute Gasteiger partial charge is 0.339 e. The molecule has 0 spiro atoms. The van der Waals surface area contributed by atoms with Gasteiger partial charge in [-0.1, -0.05) is 35.0 Å². The molecule has 3 rings (SSSR count). The molecule has 22 heavy (non-hydrogen) atoms. The highest BCUT2D eigenvalue weighted by Gasteiger charge is 2.38. The average molecular weight is 319 g/mol. The number of aryl methyl sites for hydroxylation is 2. The molecule has 1 fully saturated rings. The lowest BCUT2D eigenvalue weighted by molar-refractivity contribution is 0.218. The Morgan fingerprint density at radius 1 is 1.23 bits per heavy atom. The van der Waals surface area contributed by atoms with Crippen molar-refractivity contribution in [3.63, 3.8) is 0 Å². The summed E-state index contributed by atoms with van der Waals surface area (Å²) in [6, 6.07) is 7.68. The van der Waals surface area contributed by atoms with Crippen molar-refractivity contribution >= 4 is 16.1 Å². The van der Waals surface area contributed by atoms with E-state index in [0.717, 1.165) is 11.1 Å². The molecule has 1 saturated heterocycles. The Balaban J connectivity index is 1.64. The minimum absolute atomic E-state index is 0.0104. The topological polar surface area (TPSA) is 76.3 Å². The fourth-order valence-electron chi connectivity index (χ4n) is 2.21. The van der Waals surface area contributed by atoms with Crippen molar-refractivity contribution in [3.05, 3.63) is 52.5 Å². The van der Waals surface area contributed by atoms with Gasteiger partial charge in [0, 0.05) is 18.5 Å². The van der Waals surface area contributed by atoms with Crippen LogP contribution in [0, 0.1) is 13.8 Å². The van der Waals surface area contributed by atoms with Gasteiger partial charge in [-0.15, -0.1) is 0 Å². The summed E-state index contributed by atoms with van der Waals surface area (Å²) in [6.07, 6.45) is 1.61. The average Bonchev–Trinajstić information content (AvgIpc) is 2.82. The SMILES string of the molecule is Cc1ccc(C=CS(=O)(=O)N2CC(c3nc(C)no3)C2)cc1. The number of hydrogen-bond acceptors (Lipinski definition) is 5. The number of nitrogens with zero attached hydrogens (tertiary/aromatic N) is 3. The number of benzene rings is 1. The van der Waals surface area contributed by atoms with E-state index in [1.807, 2.05) is 31.2 Å². The monoisotopic (exact) mass is 319 g/mol. The molecule has 0 bridgehead atoms. The highest BCUT2D eigenvalue weighted by molar-refractivity contribution is 7.92. The van der Waals surface area contributed by atoms with Crippen molar-refractivity contribution in [3.8, 4) is 0 Å². The summed E-state index contributed by atoms with van der Waals surface area (Å²) in [4.78, 5) is 4.13. The Morgan fingerprint density at radius 2 is 1.91 bits per heavy atom. The van der Waals surface area contributed by atoms with Crippen LogP contribution in [0.3, 0.4) is 0 Å². The van der Waals surface area contributed by atoms with Gasteiger partial charge in [-0.2, -0.15) is 9.29 Å². The van der Waals surface area contributed by atoms with Crippen LogP contribution in [0.1, 0.15) is 28.8 Å². The van der Waals surface area contributed by atoms with E-state index >= 15 is 0 Å². The fourth-order valence-corrected chi connectivity index (χ4v) is 3.49. The normalized spacial score (nSPS) is 17.0. The Morgan fingerprint density at radius 3 is 2.50 bits per heavy atom. The van der Waals surface area contributed by atoms with Crippen LogP contribution in [0.5, 0.6) is 0 Å². The Bertz CT molecular complexity index is 788. The first-order valence-electron chi connectivity index (χ1n) is 6.99.